The molecule has 0 saturated heterocycles. The van der Waals surface area contributed by atoms with Crippen molar-refractivity contribution in [2.45, 2.75) is 44.6 Å². The number of aromatic nitrogens is 1. The number of halogens is 3. The summed E-state index contributed by atoms with van der Waals surface area (Å²) >= 11 is 0. The topological polar surface area (TPSA) is 57.5 Å². The number of para-hydroxylation sites is 1. The van der Waals surface area contributed by atoms with Crippen molar-refractivity contribution < 1.29 is 32.2 Å². The number of cyclic esters (lactones) is 1. The Morgan fingerprint density at radius 2 is 1.65 bits per heavy atom. The minimum atomic E-state index is -4.88. The second-order valence-electron chi connectivity index (χ2n) is 8.42. The number of alkyl halides is 3. The van der Waals surface area contributed by atoms with Crippen molar-refractivity contribution in [2.75, 3.05) is 0 Å². The molecule has 2 aromatic carbocycles. The van der Waals surface area contributed by atoms with Crippen LogP contribution in [0.4, 0.5) is 18.0 Å². The van der Waals surface area contributed by atoms with Crippen molar-refractivity contribution in [3.05, 3.63) is 71.4 Å². The van der Waals surface area contributed by atoms with Crippen LogP contribution < -0.4 is 0 Å². The van der Waals surface area contributed by atoms with E-state index in [9.17, 15) is 22.8 Å². The third-order valence-electron chi connectivity index (χ3n) is 5.14. The second-order valence-corrected chi connectivity index (χ2v) is 8.42. The summed E-state index contributed by atoms with van der Waals surface area (Å²) in [6.45, 7) is 4.97. The summed E-state index contributed by atoms with van der Waals surface area (Å²) in [5, 5.41) is 0.365. The van der Waals surface area contributed by atoms with Crippen LogP contribution in [0.2, 0.25) is 0 Å². The van der Waals surface area contributed by atoms with Gasteiger partial charge in [-0.05, 0) is 32.4 Å². The first-order chi connectivity index (χ1) is 14.4. The van der Waals surface area contributed by atoms with Crippen molar-refractivity contribution in [1.29, 1.82) is 0 Å². The number of carbonyl (C=O) groups excluding carboxylic acids is 2. The van der Waals surface area contributed by atoms with E-state index in [-0.39, 0.29) is 22.3 Å². The molecule has 0 aliphatic carbocycles. The minimum Gasteiger partial charge on any atom is -0.443 e. The van der Waals surface area contributed by atoms with E-state index in [1.807, 2.05) is 0 Å². The number of hydrogen-bond donors (Lipinski definition) is 0. The Kier molecular flexibility index (Phi) is 4.64. The first kappa shape index (κ1) is 21.0. The normalized spacial score (nSPS) is 19.1. The molecular weight excluding hydrogens is 411 g/mol. The zero-order valence-electron chi connectivity index (χ0n) is 17.1. The molecule has 0 fully saturated rings. The van der Waals surface area contributed by atoms with Gasteiger partial charge in [0.15, 0.2) is 0 Å². The number of nitrogens with zero attached hydrogens (tertiary/aromatic N) is 1. The summed E-state index contributed by atoms with van der Waals surface area (Å²) in [5.74, 6) is -1.23. The maximum Gasteiger partial charge on any atom is 0.433 e. The highest BCUT2D eigenvalue weighted by atomic mass is 19.4. The van der Waals surface area contributed by atoms with Crippen LogP contribution in [-0.4, -0.2) is 28.4 Å². The zero-order chi connectivity index (χ0) is 22.6. The fourth-order valence-corrected chi connectivity index (χ4v) is 3.88. The number of rotatable bonds is 1. The fourth-order valence-electron chi connectivity index (χ4n) is 3.88. The summed E-state index contributed by atoms with van der Waals surface area (Å²) in [6.07, 6.45) is -6.39. The minimum absolute atomic E-state index is 0.0962. The van der Waals surface area contributed by atoms with Crippen LogP contribution in [0.5, 0.6) is 0 Å². The van der Waals surface area contributed by atoms with Gasteiger partial charge in [-0.3, -0.25) is 0 Å². The van der Waals surface area contributed by atoms with Crippen molar-refractivity contribution >= 4 is 23.0 Å². The fraction of sp³-hybridized carbons (Fsp3) is 0.304. The lowest BCUT2D eigenvalue weighted by Gasteiger charge is -2.38. The lowest BCUT2D eigenvalue weighted by Crippen LogP contribution is -2.51. The van der Waals surface area contributed by atoms with Crippen LogP contribution in [0.3, 0.4) is 0 Å². The van der Waals surface area contributed by atoms with Gasteiger partial charge in [0, 0.05) is 17.4 Å². The summed E-state index contributed by atoms with van der Waals surface area (Å²) < 4.78 is 54.6. The Balaban J connectivity index is 1.97. The Morgan fingerprint density at radius 3 is 2.26 bits per heavy atom. The van der Waals surface area contributed by atoms with Gasteiger partial charge in [0.05, 0.1) is 5.52 Å². The molecular formula is C23H20F3NO4. The van der Waals surface area contributed by atoms with Crippen molar-refractivity contribution in [3.63, 3.8) is 0 Å². The number of ether oxygens (including phenoxy) is 2. The Labute approximate surface area is 176 Å². The van der Waals surface area contributed by atoms with Gasteiger partial charge in [0.2, 0.25) is 5.60 Å². The SMILES string of the molecule is CC(C)(C)OC(=O)n1c2c(c3ccccc31)C[C@](c1ccccc1)(C(F)(F)F)OC2=O. The number of benzene rings is 2. The summed E-state index contributed by atoms with van der Waals surface area (Å²) in [7, 11) is 0. The van der Waals surface area contributed by atoms with Crippen LogP contribution in [0.1, 0.15) is 42.4 Å². The van der Waals surface area contributed by atoms with Gasteiger partial charge in [-0.25, -0.2) is 14.2 Å². The monoisotopic (exact) mass is 431 g/mol. The van der Waals surface area contributed by atoms with Crippen LogP contribution >= 0.6 is 0 Å². The van der Waals surface area contributed by atoms with Crippen LogP contribution in [0.15, 0.2) is 54.6 Å². The molecule has 0 radical (unpaired) electrons. The third-order valence-corrected chi connectivity index (χ3v) is 5.14. The molecule has 5 nitrogen and oxygen atoms in total. The van der Waals surface area contributed by atoms with E-state index in [0.29, 0.717) is 5.39 Å². The molecule has 0 bridgehead atoms. The zero-order valence-corrected chi connectivity index (χ0v) is 17.1. The molecule has 4 rings (SSSR count). The Hall–Kier alpha value is -3.29. The van der Waals surface area contributed by atoms with Crippen LogP contribution in [0, 0.1) is 0 Å². The van der Waals surface area contributed by atoms with Gasteiger partial charge in [-0.15, -0.1) is 0 Å². The number of hydrogen-bond acceptors (Lipinski definition) is 4. The van der Waals surface area contributed by atoms with Gasteiger partial charge in [0.1, 0.15) is 11.3 Å². The highest BCUT2D eigenvalue weighted by Crippen LogP contribution is 2.49. The highest BCUT2D eigenvalue weighted by molar-refractivity contribution is 6.05. The van der Waals surface area contributed by atoms with Crippen LogP contribution in [-0.2, 0) is 21.5 Å². The first-order valence-electron chi connectivity index (χ1n) is 9.66. The molecule has 0 unspecified atom stereocenters. The number of esters is 1. The van der Waals surface area contributed by atoms with E-state index < -0.39 is 35.9 Å². The summed E-state index contributed by atoms with van der Waals surface area (Å²) in [4.78, 5) is 25.9. The average molecular weight is 431 g/mol. The molecule has 0 amide bonds. The van der Waals surface area contributed by atoms with Gasteiger partial charge in [-0.2, -0.15) is 13.2 Å². The molecule has 0 N–H and O–H groups in total. The van der Waals surface area contributed by atoms with E-state index in [4.69, 9.17) is 9.47 Å². The molecule has 1 aliphatic heterocycles. The highest BCUT2D eigenvalue weighted by Gasteiger charge is 2.62. The van der Waals surface area contributed by atoms with Gasteiger partial charge < -0.3 is 9.47 Å². The van der Waals surface area contributed by atoms with E-state index in [0.717, 1.165) is 4.57 Å². The predicted octanol–water partition coefficient (Wildman–Crippen LogP) is 5.60. The average Bonchev–Trinajstić information content (AvgIpc) is 3.01. The van der Waals surface area contributed by atoms with Crippen LogP contribution in [0.25, 0.3) is 10.9 Å². The van der Waals surface area contributed by atoms with E-state index >= 15 is 0 Å². The molecule has 2 heterocycles. The Bertz CT molecular complexity index is 1180. The molecule has 162 valence electrons. The molecule has 1 aliphatic rings. The number of fused-ring (bicyclic) bond motifs is 3. The van der Waals surface area contributed by atoms with E-state index in [2.05, 4.69) is 0 Å². The third kappa shape index (κ3) is 3.36. The molecule has 3 aromatic rings. The number of carbonyl (C=O) groups is 2. The Morgan fingerprint density at radius 1 is 1.03 bits per heavy atom. The maximum atomic E-state index is 14.4. The molecule has 31 heavy (non-hydrogen) atoms. The molecule has 1 atom stereocenters. The lowest BCUT2D eigenvalue weighted by molar-refractivity contribution is -0.267. The van der Waals surface area contributed by atoms with E-state index in [1.54, 1.807) is 51.1 Å². The standard InChI is InChI=1S/C23H20F3NO4/c1-21(2,3)31-20(29)27-17-12-8-7-11-15(17)16-13-22(23(24,25)26,30-19(28)18(16)27)14-9-5-4-6-10-14/h4-12H,13H2,1-3H3/t22-/m0/s1. The maximum absolute atomic E-state index is 14.4. The van der Waals surface area contributed by atoms with Crippen molar-refractivity contribution in [3.8, 4) is 0 Å². The van der Waals surface area contributed by atoms with Gasteiger partial charge in [0.25, 0.3) is 0 Å². The molecule has 1 aromatic heterocycles. The lowest BCUT2D eigenvalue weighted by atomic mass is 9.83. The molecule has 8 heteroatoms. The van der Waals surface area contributed by atoms with Crippen molar-refractivity contribution in [1.82, 2.24) is 4.57 Å². The second kappa shape index (κ2) is 6.87. The summed E-state index contributed by atoms with van der Waals surface area (Å²) in [5.41, 5.74) is -3.78. The largest absolute Gasteiger partial charge is 0.443 e. The van der Waals surface area contributed by atoms with Gasteiger partial charge >= 0.3 is 18.2 Å². The summed E-state index contributed by atoms with van der Waals surface area (Å²) in [6, 6.07) is 13.5. The predicted molar refractivity (Wildman–Crippen MR) is 107 cm³/mol. The molecule has 0 saturated carbocycles. The van der Waals surface area contributed by atoms with Crippen molar-refractivity contribution in [2.24, 2.45) is 0 Å². The van der Waals surface area contributed by atoms with E-state index in [1.165, 1.54) is 24.3 Å². The molecule has 0 spiro atoms. The quantitative estimate of drug-likeness (QED) is 0.471. The van der Waals surface area contributed by atoms with Gasteiger partial charge in [-0.1, -0.05) is 48.5 Å². The smallest absolute Gasteiger partial charge is 0.433 e. The first-order valence-corrected chi connectivity index (χ1v) is 9.66.